The van der Waals surface area contributed by atoms with Crippen molar-refractivity contribution in [2.45, 2.75) is 19.8 Å². The maximum absolute atomic E-state index is 12.9. The average Bonchev–Trinajstić information content (AvgIpc) is 3.27. The van der Waals surface area contributed by atoms with Crippen molar-refractivity contribution < 1.29 is 14.3 Å². The van der Waals surface area contributed by atoms with Crippen LogP contribution in [0.25, 0.3) is 17.2 Å². The molecule has 136 valence electrons. The van der Waals surface area contributed by atoms with Crippen molar-refractivity contribution in [1.82, 2.24) is 19.6 Å². The maximum Gasteiger partial charge on any atom is 0.230 e. The molecular weight excluding hydrogens is 336 g/mol. The summed E-state index contributed by atoms with van der Waals surface area (Å²) < 4.78 is 6.78. The number of anilines is 2. The molecule has 0 spiro atoms. The molecule has 2 atom stereocenters. The number of amides is 1. The Morgan fingerprint density at radius 1 is 1.46 bits per heavy atom. The fraction of sp³-hybridized carbons (Fsp3) is 0.412. The number of carbonyl (C=O) groups excluding carboxylic acids is 1. The number of furan rings is 1. The van der Waals surface area contributed by atoms with Crippen LogP contribution in [0.5, 0.6) is 0 Å². The van der Waals surface area contributed by atoms with Gasteiger partial charge in [0.15, 0.2) is 11.4 Å². The molecule has 3 N–H and O–H groups in total. The summed E-state index contributed by atoms with van der Waals surface area (Å²) in [5.41, 5.74) is 7.88. The van der Waals surface area contributed by atoms with Crippen molar-refractivity contribution in [3.63, 3.8) is 0 Å². The van der Waals surface area contributed by atoms with Crippen molar-refractivity contribution in [2.75, 3.05) is 24.3 Å². The van der Waals surface area contributed by atoms with Gasteiger partial charge in [-0.15, -0.1) is 5.10 Å². The van der Waals surface area contributed by atoms with Crippen molar-refractivity contribution in [1.29, 1.82) is 0 Å². The first-order chi connectivity index (χ1) is 12.5. The minimum atomic E-state index is -0.249. The smallest absolute Gasteiger partial charge is 0.230 e. The van der Waals surface area contributed by atoms with Gasteiger partial charge >= 0.3 is 0 Å². The number of nitrogen functional groups attached to an aromatic ring is 1. The summed E-state index contributed by atoms with van der Waals surface area (Å²) in [6.07, 6.45) is 2.56. The number of hydrogen-bond acceptors (Lipinski definition) is 7. The average molecular weight is 356 g/mol. The van der Waals surface area contributed by atoms with Crippen molar-refractivity contribution >= 4 is 23.2 Å². The molecule has 4 heterocycles. The van der Waals surface area contributed by atoms with E-state index in [1.54, 1.807) is 30.3 Å². The number of nitrogens with zero attached hydrogens (tertiary/aromatic N) is 5. The lowest BCUT2D eigenvalue weighted by Crippen LogP contribution is -2.42. The Bertz CT molecular complexity index is 965. The lowest BCUT2D eigenvalue weighted by molar-refractivity contribution is -0.124. The van der Waals surface area contributed by atoms with Crippen LogP contribution >= 0.6 is 0 Å². The highest BCUT2D eigenvalue weighted by molar-refractivity contribution is 6.01. The predicted octanol–water partition coefficient (Wildman–Crippen LogP) is 1.12. The normalized spacial score (nSPS) is 18.3. The molecular formula is C17H20N6O3. The first-order valence-electron chi connectivity index (χ1n) is 8.48. The third kappa shape index (κ3) is 2.43. The van der Waals surface area contributed by atoms with E-state index in [2.05, 4.69) is 15.1 Å². The molecule has 1 amide bonds. The standard InChI is InChI=1S/C17H20N6O3/c1-9(5-6-24)10-8-11-13(22(2)16(10)25)15-20-14(12-4-3-7-26-12)21-23(15)17(18)19-11/h3-4,7,9-10,24H,5-6,8H2,1-2H3,(H2,18,19). The second-order valence-electron chi connectivity index (χ2n) is 6.61. The molecule has 0 bridgehead atoms. The van der Waals surface area contributed by atoms with Gasteiger partial charge in [-0.1, -0.05) is 6.92 Å². The number of aliphatic hydroxyl groups is 1. The zero-order valence-electron chi connectivity index (χ0n) is 14.6. The number of hydrogen-bond donors (Lipinski definition) is 2. The van der Waals surface area contributed by atoms with Gasteiger partial charge < -0.3 is 20.2 Å². The number of carbonyl (C=O) groups is 1. The van der Waals surface area contributed by atoms with Crippen LogP contribution in [0.15, 0.2) is 22.8 Å². The SMILES string of the molecule is CC(CCO)C1Cc2nc(N)n3nc(-c4ccco4)nc3c2N(C)C1=O. The topological polar surface area (TPSA) is 123 Å². The molecule has 1 aliphatic heterocycles. The van der Waals surface area contributed by atoms with Gasteiger partial charge in [0, 0.05) is 26.0 Å². The summed E-state index contributed by atoms with van der Waals surface area (Å²) in [4.78, 5) is 23.4. The summed E-state index contributed by atoms with van der Waals surface area (Å²) in [7, 11) is 1.71. The Labute approximate surface area is 149 Å². The summed E-state index contributed by atoms with van der Waals surface area (Å²) >= 11 is 0. The van der Waals surface area contributed by atoms with E-state index in [1.165, 1.54) is 4.52 Å². The molecule has 0 radical (unpaired) electrons. The highest BCUT2D eigenvalue weighted by Gasteiger charge is 2.37. The molecule has 3 aromatic heterocycles. The van der Waals surface area contributed by atoms with Crippen LogP contribution in [0.2, 0.25) is 0 Å². The zero-order valence-corrected chi connectivity index (χ0v) is 14.6. The van der Waals surface area contributed by atoms with Crippen molar-refractivity contribution in [3.05, 3.63) is 24.1 Å². The fourth-order valence-corrected chi connectivity index (χ4v) is 3.49. The van der Waals surface area contributed by atoms with E-state index >= 15 is 0 Å². The van der Waals surface area contributed by atoms with Crippen LogP contribution in [0.3, 0.4) is 0 Å². The van der Waals surface area contributed by atoms with Crippen LogP contribution in [-0.4, -0.2) is 44.3 Å². The molecule has 0 aromatic carbocycles. The molecule has 26 heavy (non-hydrogen) atoms. The maximum atomic E-state index is 12.9. The molecule has 9 nitrogen and oxygen atoms in total. The third-order valence-corrected chi connectivity index (χ3v) is 4.97. The van der Waals surface area contributed by atoms with Gasteiger partial charge in [-0.25, -0.2) is 9.97 Å². The molecule has 9 heteroatoms. The van der Waals surface area contributed by atoms with Gasteiger partial charge in [0.2, 0.25) is 17.7 Å². The highest BCUT2D eigenvalue weighted by Crippen LogP contribution is 2.36. The minimum Gasteiger partial charge on any atom is -0.461 e. The monoisotopic (exact) mass is 356 g/mol. The van der Waals surface area contributed by atoms with Crippen LogP contribution in [-0.2, 0) is 11.2 Å². The molecule has 3 aromatic rings. The lowest BCUT2D eigenvalue weighted by Gasteiger charge is -2.33. The Kier molecular flexibility index (Phi) is 3.87. The van der Waals surface area contributed by atoms with Gasteiger partial charge in [0.25, 0.3) is 0 Å². The van der Waals surface area contributed by atoms with Crippen LogP contribution in [0, 0.1) is 11.8 Å². The first-order valence-corrected chi connectivity index (χ1v) is 8.48. The molecule has 1 aliphatic rings. The summed E-state index contributed by atoms with van der Waals surface area (Å²) in [6.45, 7) is 2.01. The van der Waals surface area contributed by atoms with Gasteiger partial charge in [0.1, 0.15) is 5.69 Å². The molecule has 2 unspecified atom stereocenters. The molecule has 0 aliphatic carbocycles. The lowest BCUT2D eigenvalue weighted by atomic mass is 9.83. The summed E-state index contributed by atoms with van der Waals surface area (Å²) in [5, 5.41) is 13.6. The Morgan fingerprint density at radius 2 is 2.27 bits per heavy atom. The van der Waals surface area contributed by atoms with Crippen LogP contribution in [0.4, 0.5) is 11.6 Å². The largest absolute Gasteiger partial charge is 0.461 e. The van der Waals surface area contributed by atoms with Crippen molar-refractivity contribution in [3.8, 4) is 11.6 Å². The van der Waals surface area contributed by atoms with E-state index in [0.29, 0.717) is 41.5 Å². The Morgan fingerprint density at radius 3 is 2.96 bits per heavy atom. The molecule has 0 saturated carbocycles. The van der Waals surface area contributed by atoms with Crippen LogP contribution in [0.1, 0.15) is 19.0 Å². The molecule has 0 fully saturated rings. The summed E-state index contributed by atoms with van der Waals surface area (Å²) in [5.74, 6) is 0.879. The van der Waals surface area contributed by atoms with E-state index in [9.17, 15) is 9.90 Å². The highest BCUT2D eigenvalue weighted by atomic mass is 16.3. The van der Waals surface area contributed by atoms with Gasteiger partial charge in [-0.3, -0.25) is 4.79 Å². The quantitative estimate of drug-likeness (QED) is 0.718. The van der Waals surface area contributed by atoms with Gasteiger partial charge in [0.05, 0.1) is 12.0 Å². The van der Waals surface area contributed by atoms with E-state index in [4.69, 9.17) is 10.2 Å². The number of aromatic nitrogens is 4. The van der Waals surface area contributed by atoms with Gasteiger partial charge in [-0.05, 0) is 24.5 Å². The van der Waals surface area contributed by atoms with E-state index in [1.807, 2.05) is 6.92 Å². The zero-order chi connectivity index (χ0) is 18.4. The van der Waals surface area contributed by atoms with E-state index in [-0.39, 0.29) is 30.3 Å². The predicted molar refractivity (Wildman–Crippen MR) is 94.4 cm³/mol. The fourth-order valence-electron chi connectivity index (χ4n) is 3.49. The molecule has 4 rings (SSSR count). The third-order valence-electron chi connectivity index (χ3n) is 4.97. The number of nitrogens with two attached hydrogens (primary N) is 1. The van der Waals surface area contributed by atoms with Crippen molar-refractivity contribution in [2.24, 2.45) is 11.8 Å². The summed E-state index contributed by atoms with van der Waals surface area (Å²) in [6, 6.07) is 3.51. The number of fused-ring (bicyclic) bond motifs is 3. The minimum absolute atomic E-state index is 0.0190. The number of aliphatic hydroxyl groups excluding tert-OH is 1. The van der Waals surface area contributed by atoms with E-state index in [0.717, 1.165) is 0 Å². The Balaban J connectivity index is 1.85. The number of rotatable bonds is 4. The van der Waals surface area contributed by atoms with Gasteiger partial charge in [-0.2, -0.15) is 4.52 Å². The molecule has 0 saturated heterocycles. The van der Waals surface area contributed by atoms with Crippen LogP contribution < -0.4 is 10.6 Å². The Hall–Kier alpha value is -2.94. The van der Waals surface area contributed by atoms with E-state index < -0.39 is 0 Å². The second kappa shape index (κ2) is 6.10. The second-order valence-corrected chi connectivity index (χ2v) is 6.61. The first kappa shape index (κ1) is 16.5.